The van der Waals surface area contributed by atoms with Gasteiger partial charge in [0, 0.05) is 29.4 Å². The molecule has 0 aromatic heterocycles. The zero-order valence-electron chi connectivity index (χ0n) is 19.1. The minimum Gasteiger partial charge on any atom is -0.496 e. The van der Waals surface area contributed by atoms with Gasteiger partial charge in [-0.2, -0.15) is 4.31 Å². The van der Waals surface area contributed by atoms with E-state index in [1.54, 1.807) is 31.2 Å². The Hall–Kier alpha value is -2.62. The van der Waals surface area contributed by atoms with Crippen LogP contribution in [0.25, 0.3) is 0 Å². The Bertz CT molecular complexity index is 1170. The molecule has 10 heteroatoms. The van der Waals surface area contributed by atoms with Crippen molar-refractivity contribution >= 4 is 39.1 Å². The summed E-state index contributed by atoms with van der Waals surface area (Å²) < 4.78 is 31.6. The Morgan fingerprint density at radius 2 is 1.94 bits per heavy atom. The van der Waals surface area contributed by atoms with E-state index in [2.05, 4.69) is 5.32 Å². The number of para-hydroxylation sites is 1. The van der Waals surface area contributed by atoms with E-state index in [4.69, 9.17) is 16.3 Å². The summed E-state index contributed by atoms with van der Waals surface area (Å²) in [5, 5.41) is 3.30. The maximum absolute atomic E-state index is 13.5. The average molecular weight is 494 g/mol. The largest absolute Gasteiger partial charge is 0.496 e. The van der Waals surface area contributed by atoms with Crippen molar-refractivity contribution in [2.45, 2.75) is 32.9 Å². The minimum absolute atomic E-state index is 0.148. The summed E-state index contributed by atoms with van der Waals surface area (Å²) in [6.45, 7) is 4.52. The van der Waals surface area contributed by atoms with Crippen LogP contribution in [0.4, 0.5) is 5.69 Å². The van der Waals surface area contributed by atoms with Crippen LogP contribution in [0.5, 0.6) is 5.75 Å². The van der Waals surface area contributed by atoms with Crippen molar-refractivity contribution in [3.05, 3.63) is 58.6 Å². The summed E-state index contributed by atoms with van der Waals surface area (Å²) in [4.78, 5) is 28.1. The van der Waals surface area contributed by atoms with E-state index < -0.39 is 27.4 Å². The first-order chi connectivity index (χ1) is 15.5. The summed E-state index contributed by atoms with van der Waals surface area (Å²) in [6.07, 6.45) is 0. The molecule has 0 unspecified atom stereocenters. The van der Waals surface area contributed by atoms with Gasteiger partial charge in [0.05, 0.1) is 19.4 Å². The fraction of sp³-hybridized carbons (Fsp3) is 0.391. The predicted molar refractivity (Wildman–Crippen MR) is 128 cm³/mol. The number of anilines is 1. The molecule has 178 valence electrons. The number of aryl methyl sites for hydroxylation is 1. The molecule has 1 N–H and O–H groups in total. The molecular formula is C23H28ClN3O5S. The summed E-state index contributed by atoms with van der Waals surface area (Å²) in [6, 6.07) is 12.3. The Labute approximate surface area is 199 Å². The number of rotatable bonds is 7. The van der Waals surface area contributed by atoms with Gasteiger partial charge in [0.1, 0.15) is 11.3 Å². The standard InChI is InChI=1S/C23H28ClN3O5S/c1-5-33(30,31)26-14-21(28)27(18-11-10-16(2)19(24)12-18)23(3,15-26)22(29)25-13-17-8-6-7-9-20(17)32-4/h6-12H,5,13-15H2,1-4H3,(H,25,29)/t23-/m1/s1. The number of halogens is 1. The van der Waals surface area contributed by atoms with E-state index in [9.17, 15) is 18.0 Å². The lowest BCUT2D eigenvalue weighted by Gasteiger charge is -2.46. The van der Waals surface area contributed by atoms with Gasteiger partial charge in [-0.25, -0.2) is 8.42 Å². The van der Waals surface area contributed by atoms with Crippen LogP contribution in [0.1, 0.15) is 25.0 Å². The molecule has 1 atom stereocenters. The maximum atomic E-state index is 13.5. The molecule has 0 bridgehead atoms. The first-order valence-corrected chi connectivity index (χ1v) is 12.5. The van der Waals surface area contributed by atoms with Gasteiger partial charge in [0.15, 0.2) is 0 Å². The van der Waals surface area contributed by atoms with Crippen LogP contribution in [-0.2, 0) is 26.2 Å². The van der Waals surface area contributed by atoms with Gasteiger partial charge in [-0.3, -0.25) is 14.5 Å². The van der Waals surface area contributed by atoms with E-state index in [1.807, 2.05) is 25.1 Å². The monoisotopic (exact) mass is 493 g/mol. The molecular weight excluding hydrogens is 466 g/mol. The lowest BCUT2D eigenvalue weighted by Crippen LogP contribution is -2.70. The topological polar surface area (TPSA) is 96.0 Å². The fourth-order valence-electron chi connectivity index (χ4n) is 3.88. The third kappa shape index (κ3) is 5.00. The number of sulfonamides is 1. The number of hydrogen-bond donors (Lipinski definition) is 1. The van der Waals surface area contributed by atoms with E-state index in [-0.39, 0.29) is 25.4 Å². The summed E-state index contributed by atoms with van der Waals surface area (Å²) >= 11 is 6.29. The molecule has 8 nitrogen and oxygen atoms in total. The lowest BCUT2D eigenvalue weighted by molar-refractivity contribution is -0.133. The quantitative estimate of drug-likeness (QED) is 0.639. The van der Waals surface area contributed by atoms with Crippen molar-refractivity contribution in [2.24, 2.45) is 0 Å². The Morgan fingerprint density at radius 1 is 1.24 bits per heavy atom. The number of methoxy groups -OCH3 is 1. The first-order valence-electron chi connectivity index (χ1n) is 10.5. The number of amides is 2. The summed E-state index contributed by atoms with van der Waals surface area (Å²) in [7, 11) is -2.16. The van der Waals surface area contributed by atoms with Gasteiger partial charge in [-0.15, -0.1) is 0 Å². The first kappa shape index (κ1) is 25.0. The van der Waals surface area contributed by atoms with Crippen molar-refractivity contribution in [2.75, 3.05) is 30.9 Å². The number of nitrogens with one attached hydrogen (secondary N) is 1. The van der Waals surface area contributed by atoms with Crippen LogP contribution in [-0.4, -0.2) is 56.0 Å². The highest BCUT2D eigenvalue weighted by atomic mass is 35.5. The molecule has 1 fully saturated rings. The second-order valence-corrected chi connectivity index (χ2v) is 10.8. The molecule has 33 heavy (non-hydrogen) atoms. The molecule has 0 spiro atoms. The SMILES string of the molecule is CCS(=O)(=O)N1CC(=O)N(c2ccc(C)c(Cl)c2)[C@@](C)(C(=O)NCc2ccccc2OC)C1. The third-order valence-corrected chi connectivity index (χ3v) is 8.01. The van der Waals surface area contributed by atoms with Gasteiger partial charge < -0.3 is 10.1 Å². The van der Waals surface area contributed by atoms with Crippen LogP contribution in [0, 0.1) is 6.92 Å². The highest BCUT2D eigenvalue weighted by Crippen LogP contribution is 2.33. The van der Waals surface area contributed by atoms with Crippen LogP contribution in [0.3, 0.4) is 0 Å². The fourth-order valence-corrected chi connectivity index (χ4v) is 5.18. The van der Waals surface area contributed by atoms with Gasteiger partial charge in [0.25, 0.3) is 0 Å². The van der Waals surface area contributed by atoms with Crippen molar-refractivity contribution in [3.63, 3.8) is 0 Å². The molecule has 3 rings (SSSR count). The van der Waals surface area contributed by atoms with Crippen molar-refractivity contribution in [1.82, 2.24) is 9.62 Å². The smallest absolute Gasteiger partial charge is 0.247 e. The third-order valence-electron chi connectivity index (χ3n) is 5.83. The summed E-state index contributed by atoms with van der Waals surface area (Å²) in [5.74, 6) is -0.558. The number of carbonyl (C=O) groups is 2. The average Bonchev–Trinajstić information content (AvgIpc) is 2.79. The molecule has 0 radical (unpaired) electrons. The second kappa shape index (κ2) is 9.70. The molecule has 2 aromatic rings. The molecule has 0 aliphatic carbocycles. The highest BCUT2D eigenvalue weighted by molar-refractivity contribution is 7.89. The van der Waals surface area contributed by atoms with E-state index in [1.165, 1.54) is 18.9 Å². The molecule has 1 saturated heterocycles. The van der Waals surface area contributed by atoms with Gasteiger partial charge in [-0.1, -0.05) is 35.9 Å². The number of piperazine rings is 1. The number of benzene rings is 2. The molecule has 2 aromatic carbocycles. The van der Waals surface area contributed by atoms with Crippen LogP contribution < -0.4 is 15.0 Å². The second-order valence-electron chi connectivity index (χ2n) is 8.10. The van der Waals surface area contributed by atoms with Gasteiger partial charge >= 0.3 is 0 Å². The normalized spacial score (nSPS) is 19.4. The maximum Gasteiger partial charge on any atom is 0.247 e. The molecule has 1 heterocycles. The number of nitrogens with zero attached hydrogens (tertiary/aromatic N) is 2. The van der Waals surface area contributed by atoms with Crippen LogP contribution in [0.15, 0.2) is 42.5 Å². The Balaban J connectivity index is 2.00. The predicted octanol–water partition coefficient (Wildman–Crippen LogP) is 2.73. The van der Waals surface area contributed by atoms with Crippen molar-refractivity contribution in [1.29, 1.82) is 0 Å². The van der Waals surface area contributed by atoms with E-state index in [0.717, 1.165) is 15.4 Å². The minimum atomic E-state index is -3.70. The lowest BCUT2D eigenvalue weighted by atomic mass is 9.94. The molecule has 0 saturated carbocycles. The van der Waals surface area contributed by atoms with E-state index >= 15 is 0 Å². The van der Waals surface area contributed by atoms with Crippen molar-refractivity contribution < 1.29 is 22.7 Å². The van der Waals surface area contributed by atoms with Crippen molar-refractivity contribution in [3.8, 4) is 5.75 Å². The Morgan fingerprint density at radius 3 is 2.58 bits per heavy atom. The zero-order chi connectivity index (χ0) is 24.4. The molecule has 1 aliphatic heterocycles. The van der Waals surface area contributed by atoms with Crippen LogP contribution in [0.2, 0.25) is 5.02 Å². The van der Waals surface area contributed by atoms with E-state index in [0.29, 0.717) is 16.5 Å². The van der Waals surface area contributed by atoms with Gasteiger partial charge in [-0.05, 0) is 44.5 Å². The molecule has 1 aliphatic rings. The molecule has 2 amide bonds. The summed E-state index contributed by atoms with van der Waals surface area (Å²) in [5.41, 5.74) is 0.501. The number of hydrogen-bond acceptors (Lipinski definition) is 5. The zero-order valence-corrected chi connectivity index (χ0v) is 20.7. The van der Waals surface area contributed by atoms with Crippen LogP contribution >= 0.6 is 11.6 Å². The number of ether oxygens (including phenoxy) is 1. The Kier molecular flexibility index (Phi) is 7.36. The van der Waals surface area contributed by atoms with Gasteiger partial charge in [0.2, 0.25) is 21.8 Å². The highest BCUT2D eigenvalue weighted by Gasteiger charge is 2.50. The number of carbonyl (C=O) groups excluding carboxylic acids is 2.